The monoisotopic (exact) mass is 448 g/mol. The first kappa shape index (κ1) is 22.1. The van der Waals surface area contributed by atoms with Gasteiger partial charge in [0.1, 0.15) is 11.2 Å². The number of thioether (sulfide) groups is 1. The molecule has 1 N–H and O–H groups in total. The van der Waals surface area contributed by atoms with Gasteiger partial charge in [0.25, 0.3) is 5.91 Å². The number of para-hydroxylation sites is 2. The number of nitrogens with one attached hydrogen (secondary N) is 1. The maximum absolute atomic E-state index is 14.5. The first-order valence-electron chi connectivity index (χ1n) is 10.8. The summed E-state index contributed by atoms with van der Waals surface area (Å²) in [6.07, 6.45) is 3.25. The molecule has 0 bridgehead atoms. The van der Waals surface area contributed by atoms with Crippen molar-refractivity contribution in [3.63, 3.8) is 0 Å². The number of anilines is 2. The summed E-state index contributed by atoms with van der Waals surface area (Å²) in [7, 11) is 0. The second-order valence-electron chi connectivity index (χ2n) is 7.72. The van der Waals surface area contributed by atoms with Gasteiger partial charge in [-0.2, -0.15) is 0 Å². The highest BCUT2D eigenvalue weighted by molar-refractivity contribution is 8.00. The van der Waals surface area contributed by atoms with E-state index < -0.39 is 11.2 Å². The number of carbonyl (C=O) groups is 2. The number of carbonyl (C=O) groups excluding carboxylic acids is 2. The van der Waals surface area contributed by atoms with Crippen LogP contribution in [0.25, 0.3) is 0 Å². The summed E-state index contributed by atoms with van der Waals surface area (Å²) < 4.78 is 14.5. The summed E-state index contributed by atoms with van der Waals surface area (Å²) in [5.74, 6) is -0.571. The fraction of sp³-hybridized carbons (Fsp3) is 0.231. The van der Waals surface area contributed by atoms with Crippen molar-refractivity contribution in [1.82, 2.24) is 0 Å². The molecule has 1 fully saturated rings. The Morgan fingerprint density at radius 1 is 1.06 bits per heavy atom. The van der Waals surface area contributed by atoms with Gasteiger partial charge in [-0.1, -0.05) is 55.8 Å². The van der Waals surface area contributed by atoms with Crippen LogP contribution in [0.5, 0.6) is 0 Å². The van der Waals surface area contributed by atoms with Crippen LogP contribution in [0.2, 0.25) is 0 Å². The van der Waals surface area contributed by atoms with Gasteiger partial charge in [0, 0.05) is 16.8 Å². The summed E-state index contributed by atoms with van der Waals surface area (Å²) in [5, 5.41) is 2.56. The molecule has 1 aliphatic heterocycles. The molecule has 4 nitrogen and oxygen atoms in total. The first-order valence-corrected chi connectivity index (χ1v) is 11.8. The zero-order valence-electron chi connectivity index (χ0n) is 17.9. The average molecular weight is 449 g/mol. The van der Waals surface area contributed by atoms with Crippen LogP contribution in [0.4, 0.5) is 15.8 Å². The van der Waals surface area contributed by atoms with Crippen molar-refractivity contribution < 1.29 is 14.0 Å². The fourth-order valence-corrected chi connectivity index (χ4v) is 4.99. The third-order valence-corrected chi connectivity index (χ3v) is 6.68. The zero-order valence-corrected chi connectivity index (χ0v) is 18.7. The molecule has 32 heavy (non-hydrogen) atoms. The van der Waals surface area contributed by atoms with E-state index in [9.17, 15) is 14.0 Å². The summed E-state index contributed by atoms with van der Waals surface area (Å²) in [4.78, 5) is 27.0. The molecule has 4 rings (SSSR count). The summed E-state index contributed by atoms with van der Waals surface area (Å²) in [6, 6.07) is 21.3. The van der Waals surface area contributed by atoms with E-state index in [1.807, 2.05) is 48.5 Å². The number of aryl methyl sites for hydroxylation is 1. The molecule has 3 aromatic rings. The number of benzene rings is 3. The maximum Gasteiger partial charge on any atom is 0.255 e. The maximum atomic E-state index is 14.5. The van der Waals surface area contributed by atoms with Crippen molar-refractivity contribution in [2.75, 3.05) is 16.0 Å². The zero-order chi connectivity index (χ0) is 22.5. The van der Waals surface area contributed by atoms with Gasteiger partial charge in [-0.15, -0.1) is 11.8 Å². The van der Waals surface area contributed by atoms with Crippen molar-refractivity contribution in [2.24, 2.45) is 0 Å². The predicted molar refractivity (Wildman–Crippen MR) is 129 cm³/mol. The van der Waals surface area contributed by atoms with Crippen molar-refractivity contribution in [3.8, 4) is 0 Å². The summed E-state index contributed by atoms with van der Waals surface area (Å²) >= 11 is 1.42. The molecule has 0 unspecified atom stereocenters. The highest BCUT2D eigenvalue weighted by Crippen LogP contribution is 2.44. The number of hydrogen-bond donors (Lipinski definition) is 1. The molecule has 164 valence electrons. The largest absolute Gasteiger partial charge is 0.322 e. The van der Waals surface area contributed by atoms with E-state index in [2.05, 4.69) is 12.2 Å². The standard InChI is InChI=1S/C26H25FN2O2S/c1-2-3-8-18-13-15-19(16-14-18)25(31)28-22-11-6-4-9-20(22)26-29(24(30)17-32-26)23-12-7-5-10-21(23)27/h4-7,9-16,26H,2-3,8,17H2,1H3,(H,28,31)/t26-/m1/s1. The van der Waals surface area contributed by atoms with Crippen LogP contribution in [0.1, 0.15) is 46.6 Å². The molecule has 0 spiro atoms. The highest BCUT2D eigenvalue weighted by Gasteiger charge is 2.36. The van der Waals surface area contributed by atoms with Crippen molar-refractivity contribution in [3.05, 3.63) is 95.3 Å². The van der Waals surface area contributed by atoms with Crippen LogP contribution in [0, 0.1) is 5.82 Å². The number of rotatable bonds is 7. The van der Waals surface area contributed by atoms with Crippen LogP contribution < -0.4 is 10.2 Å². The Bertz CT molecular complexity index is 1120. The van der Waals surface area contributed by atoms with Gasteiger partial charge >= 0.3 is 0 Å². The molecule has 0 aromatic heterocycles. The van der Waals surface area contributed by atoms with E-state index in [0.29, 0.717) is 11.3 Å². The van der Waals surface area contributed by atoms with Gasteiger partial charge in [-0.25, -0.2) is 4.39 Å². The van der Waals surface area contributed by atoms with Gasteiger partial charge in [-0.3, -0.25) is 14.5 Å². The molecule has 6 heteroatoms. The molecular formula is C26H25FN2O2S. The molecule has 2 amide bonds. The lowest BCUT2D eigenvalue weighted by Gasteiger charge is -2.26. The highest BCUT2D eigenvalue weighted by atomic mass is 32.2. The van der Waals surface area contributed by atoms with Gasteiger partial charge in [0.05, 0.1) is 11.4 Å². The minimum absolute atomic E-state index is 0.158. The lowest BCUT2D eigenvalue weighted by atomic mass is 10.1. The molecule has 0 saturated carbocycles. The molecule has 1 aliphatic rings. The lowest BCUT2D eigenvalue weighted by Crippen LogP contribution is -2.29. The van der Waals surface area contributed by atoms with E-state index in [4.69, 9.17) is 0 Å². The Morgan fingerprint density at radius 2 is 1.78 bits per heavy atom. The number of nitrogens with zero attached hydrogens (tertiary/aromatic N) is 1. The Morgan fingerprint density at radius 3 is 2.53 bits per heavy atom. The Balaban J connectivity index is 1.58. The minimum atomic E-state index is -0.446. The van der Waals surface area contributed by atoms with E-state index in [-0.39, 0.29) is 23.3 Å². The Hall–Kier alpha value is -3.12. The molecule has 1 atom stereocenters. The lowest BCUT2D eigenvalue weighted by molar-refractivity contribution is -0.115. The fourth-order valence-electron chi connectivity index (χ4n) is 3.79. The molecule has 3 aromatic carbocycles. The summed E-state index contributed by atoms with van der Waals surface area (Å²) in [6.45, 7) is 2.16. The van der Waals surface area contributed by atoms with Crippen LogP contribution in [0.3, 0.4) is 0 Å². The van der Waals surface area contributed by atoms with Crippen molar-refractivity contribution >= 4 is 35.0 Å². The van der Waals surface area contributed by atoms with Crippen LogP contribution in [-0.4, -0.2) is 17.6 Å². The van der Waals surface area contributed by atoms with Crippen LogP contribution in [0.15, 0.2) is 72.8 Å². The van der Waals surface area contributed by atoms with Crippen molar-refractivity contribution in [2.45, 2.75) is 31.6 Å². The quantitative estimate of drug-likeness (QED) is 0.468. The van der Waals surface area contributed by atoms with Crippen LogP contribution in [-0.2, 0) is 11.2 Å². The van der Waals surface area contributed by atoms with Gasteiger partial charge < -0.3 is 5.32 Å². The van der Waals surface area contributed by atoms with E-state index >= 15 is 0 Å². The van der Waals surface area contributed by atoms with Gasteiger partial charge in [-0.05, 0) is 48.7 Å². The Labute approximate surface area is 191 Å². The topological polar surface area (TPSA) is 49.4 Å². The van der Waals surface area contributed by atoms with Crippen LogP contribution >= 0.6 is 11.8 Å². The Kier molecular flexibility index (Phi) is 6.90. The normalized spacial score (nSPS) is 15.8. The van der Waals surface area contributed by atoms with E-state index in [0.717, 1.165) is 24.8 Å². The third kappa shape index (κ3) is 4.70. The molecule has 1 heterocycles. The molecular weight excluding hydrogens is 423 g/mol. The molecule has 1 saturated heterocycles. The minimum Gasteiger partial charge on any atom is -0.322 e. The van der Waals surface area contributed by atoms with Gasteiger partial charge in [0.15, 0.2) is 0 Å². The third-order valence-electron chi connectivity index (χ3n) is 5.49. The SMILES string of the molecule is CCCCc1ccc(C(=O)Nc2ccccc2[C@H]2SCC(=O)N2c2ccccc2F)cc1. The number of unbranched alkanes of at least 4 members (excludes halogenated alkanes) is 1. The number of amides is 2. The average Bonchev–Trinajstić information content (AvgIpc) is 3.19. The first-order chi connectivity index (χ1) is 15.6. The predicted octanol–water partition coefficient (Wildman–Crippen LogP) is 6.20. The van der Waals surface area contributed by atoms with Crippen molar-refractivity contribution in [1.29, 1.82) is 0 Å². The van der Waals surface area contributed by atoms with E-state index in [1.54, 1.807) is 18.2 Å². The molecule has 0 radical (unpaired) electrons. The second-order valence-corrected chi connectivity index (χ2v) is 8.79. The van der Waals surface area contributed by atoms with E-state index in [1.165, 1.54) is 28.3 Å². The van der Waals surface area contributed by atoms with Gasteiger partial charge in [0.2, 0.25) is 5.91 Å². The molecule has 0 aliphatic carbocycles. The smallest absolute Gasteiger partial charge is 0.255 e. The summed E-state index contributed by atoms with van der Waals surface area (Å²) in [5.41, 5.74) is 3.41. The second kappa shape index (κ2) is 10.0. The number of halogens is 1. The number of hydrogen-bond acceptors (Lipinski definition) is 3.